The van der Waals surface area contributed by atoms with Gasteiger partial charge in [0.2, 0.25) is 0 Å². The first-order chi connectivity index (χ1) is 20.7. The summed E-state index contributed by atoms with van der Waals surface area (Å²) in [6, 6.07) is 54.7. The van der Waals surface area contributed by atoms with E-state index in [-0.39, 0.29) is 0 Å². The SMILES string of the molecule is Cc1ccccc1-c1sc(-c2ccc(N(c3ccc(-c4ccccc4)cc3)c3cccc4ccccc34)cc2)cc1C. The third-order valence-electron chi connectivity index (χ3n) is 7.96. The van der Waals surface area contributed by atoms with E-state index in [0.29, 0.717) is 0 Å². The minimum absolute atomic E-state index is 1.13. The number of aryl methyl sites for hydroxylation is 2. The lowest BCUT2D eigenvalue weighted by Crippen LogP contribution is -2.10. The molecule has 6 aromatic carbocycles. The lowest BCUT2D eigenvalue weighted by atomic mass is 10.0. The minimum Gasteiger partial charge on any atom is -0.310 e. The van der Waals surface area contributed by atoms with E-state index in [9.17, 15) is 0 Å². The maximum Gasteiger partial charge on any atom is 0.0540 e. The van der Waals surface area contributed by atoms with Gasteiger partial charge in [-0.05, 0) is 89.0 Å². The molecule has 1 heterocycles. The molecule has 0 atom stereocenters. The smallest absolute Gasteiger partial charge is 0.0540 e. The normalized spacial score (nSPS) is 11.1. The number of hydrogen-bond acceptors (Lipinski definition) is 2. The van der Waals surface area contributed by atoms with Crippen LogP contribution < -0.4 is 4.90 Å². The van der Waals surface area contributed by atoms with Crippen LogP contribution >= 0.6 is 11.3 Å². The van der Waals surface area contributed by atoms with Crippen molar-refractivity contribution in [2.75, 3.05) is 4.90 Å². The van der Waals surface area contributed by atoms with Crippen LogP contribution in [0.15, 0.2) is 152 Å². The molecular formula is C40H31NS. The fraction of sp³-hybridized carbons (Fsp3) is 0.0500. The number of fused-ring (bicyclic) bond motifs is 1. The van der Waals surface area contributed by atoms with Gasteiger partial charge in [-0.1, -0.05) is 115 Å². The second-order valence-electron chi connectivity index (χ2n) is 10.7. The third-order valence-corrected chi connectivity index (χ3v) is 9.28. The first kappa shape index (κ1) is 26.0. The van der Waals surface area contributed by atoms with Gasteiger partial charge in [0.1, 0.15) is 0 Å². The molecule has 0 saturated carbocycles. The van der Waals surface area contributed by atoms with Crippen molar-refractivity contribution < 1.29 is 0 Å². The summed E-state index contributed by atoms with van der Waals surface area (Å²) >= 11 is 1.87. The van der Waals surface area contributed by atoms with Crippen molar-refractivity contribution in [1.29, 1.82) is 0 Å². The second kappa shape index (κ2) is 11.2. The van der Waals surface area contributed by atoms with Crippen LogP contribution in [0.25, 0.3) is 42.8 Å². The van der Waals surface area contributed by atoms with Crippen LogP contribution in [-0.4, -0.2) is 0 Å². The van der Waals surface area contributed by atoms with Crippen molar-refractivity contribution in [2.24, 2.45) is 0 Å². The predicted molar refractivity (Wildman–Crippen MR) is 182 cm³/mol. The highest BCUT2D eigenvalue weighted by molar-refractivity contribution is 7.19. The molecule has 0 saturated heterocycles. The Hall–Kier alpha value is -4.92. The number of benzene rings is 6. The molecule has 42 heavy (non-hydrogen) atoms. The van der Waals surface area contributed by atoms with Crippen LogP contribution in [0, 0.1) is 13.8 Å². The Balaban J connectivity index is 1.30. The van der Waals surface area contributed by atoms with E-state index in [0.717, 1.165) is 11.4 Å². The predicted octanol–water partition coefficient (Wildman–Crippen LogP) is 12.0. The summed E-state index contributed by atoms with van der Waals surface area (Å²) in [6.45, 7) is 4.41. The molecule has 0 N–H and O–H groups in total. The van der Waals surface area contributed by atoms with Crippen LogP contribution in [0.1, 0.15) is 11.1 Å². The summed E-state index contributed by atoms with van der Waals surface area (Å²) < 4.78 is 0. The highest BCUT2D eigenvalue weighted by Gasteiger charge is 2.17. The molecule has 0 bridgehead atoms. The first-order valence-electron chi connectivity index (χ1n) is 14.4. The zero-order valence-corrected chi connectivity index (χ0v) is 24.6. The van der Waals surface area contributed by atoms with E-state index in [2.05, 4.69) is 170 Å². The molecule has 0 amide bonds. The van der Waals surface area contributed by atoms with Gasteiger partial charge in [0.15, 0.2) is 0 Å². The molecule has 2 heteroatoms. The van der Waals surface area contributed by atoms with Gasteiger partial charge in [-0.3, -0.25) is 0 Å². The van der Waals surface area contributed by atoms with Crippen molar-refractivity contribution in [1.82, 2.24) is 0 Å². The van der Waals surface area contributed by atoms with E-state index in [4.69, 9.17) is 0 Å². The summed E-state index contributed by atoms with van der Waals surface area (Å²) in [4.78, 5) is 5.02. The summed E-state index contributed by atoms with van der Waals surface area (Å²) in [7, 11) is 0. The lowest BCUT2D eigenvalue weighted by molar-refractivity contribution is 1.30. The van der Waals surface area contributed by atoms with Crippen molar-refractivity contribution in [3.8, 4) is 32.0 Å². The van der Waals surface area contributed by atoms with Crippen LogP contribution in [0.2, 0.25) is 0 Å². The van der Waals surface area contributed by atoms with Gasteiger partial charge < -0.3 is 4.90 Å². The first-order valence-corrected chi connectivity index (χ1v) is 15.2. The third kappa shape index (κ3) is 4.91. The fourth-order valence-corrected chi connectivity index (χ4v) is 7.03. The number of rotatable bonds is 6. The molecule has 0 radical (unpaired) electrons. The Morgan fingerprint density at radius 2 is 1.07 bits per heavy atom. The highest BCUT2D eigenvalue weighted by Crippen LogP contribution is 2.42. The van der Waals surface area contributed by atoms with Crippen LogP contribution in [0.5, 0.6) is 0 Å². The number of anilines is 3. The van der Waals surface area contributed by atoms with Crippen molar-refractivity contribution in [2.45, 2.75) is 13.8 Å². The van der Waals surface area contributed by atoms with E-state index >= 15 is 0 Å². The quantitative estimate of drug-likeness (QED) is 0.197. The van der Waals surface area contributed by atoms with Crippen LogP contribution in [0.3, 0.4) is 0 Å². The molecule has 0 aliphatic heterocycles. The minimum atomic E-state index is 1.13. The molecule has 1 nitrogen and oxygen atoms in total. The largest absolute Gasteiger partial charge is 0.310 e. The van der Waals surface area contributed by atoms with Gasteiger partial charge in [-0.15, -0.1) is 11.3 Å². The maximum absolute atomic E-state index is 2.37. The van der Waals surface area contributed by atoms with Crippen molar-refractivity contribution >= 4 is 39.2 Å². The summed E-state index contributed by atoms with van der Waals surface area (Å²) in [5.74, 6) is 0. The lowest BCUT2D eigenvalue weighted by Gasteiger charge is -2.27. The summed E-state index contributed by atoms with van der Waals surface area (Å²) in [5.41, 5.74) is 11.1. The Morgan fingerprint density at radius 1 is 0.476 bits per heavy atom. The topological polar surface area (TPSA) is 3.24 Å². The van der Waals surface area contributed by atoms with E-state index < -0.39 is 0 Å². The van der Waals surface area contributed by atoms with Crippen molar-refractivity contribution in [3.63, 3.8) is 0 Å². The molecule has 7 aromatic rings. The molecular weight excluding hydrogens is 527 g/mol. The molecule has 0 unspecified atom stereocenters. The Labute approximate surface area is 252 Å². The molecule has 0 spiro atoms. The Kier molecular flexibility index (Phi) is 6.91. The fourth-order valence-electron chi connectivity index (χ4n) is 5.76. The second-order valence-corrected chi connectivity index (χ2v) is 11.8. The van der Waals surface area contributed by atoms with Gasteiger partial charge in [0.25, 0.3) is 0 Å². The van der Waals surface area contributed by atoms with E-state index in [1.165, 1.54) is 59.6 Å². The molecule has 1 aromatic heterocycles. The number of hydrogen-bond donors (Lipinski definition) is 0. The monoisotopic (exact) mass is 557 g/mol. The number of nitrogens with zero attached hydrogens (tertiary/aromatic N) is 1. The highest BCUT2D eigenvalue weighted by atomic mass is 32.1. The van der Waals surface area contributed by atoms with Crippen LogP contribution in [-0.2, 0) is 0 Å². The number of thiophene rings is 1. The van der Waals surface area contributed by atoms with Gasteiger partial charge in [-0.25, -0.2) is 0 Å². The zero-order chi connectivity index (χ0) is 28.5. The van der Waals surface area contributed by atoms with Gasteiger partial charge >= 0.3 is 0 Å². The molecule has 0 aliphatic carbocycles. The maximum atomic E-state index is 2.37. The zero-order valence-electron chi connectivity index (χ0n) is 23.8. The van der Waals surface area contributed by atoms with Gasteiger partial charge in [-0.2, -0.15) is 0 Å². The standard InChI is InChI=1S/C40H31NS/c1-28-11-6-8-16-36(28)40-29(2)27-39(42-40)33-21-25-35(26-22-33)41(38-18-10-15-32-14-7-9-17-37(32)38)34-23-19-31(20-24-34)30-12-4-3-5-13-30/h3-27H,1-2H3. The van der Waals surface area contributed by atoms with Gasteiger partial charge in [0.05, 0.1) is 5.69 Å². The molecule has 0 aliphatic rings. The van der Waals surface area contributed by atoms with Crippen LogP contribution in [0.4, 0.5) is 17.1 Å². The Morgan fingerprint density at radius 3 is 1.81 bits per heavy atom. The average molecular weight is 558 g/mol. The van der Waals surface area contributed by atoms with Crippen molar-refractivity contribution in [3.05, 3.63) is 163 Å². The molecule has 0 fully saturated rings. The molecule has 202 valence electrons. The van der Waals surface area contributed by atoms with E-state index in [1.54, 1.807) is 0 Å². The molecule has 7 rings (SSSR count). The Bertz CT molecular complexity index is 1980. The van der Waals surface area contributed by atoms with E-state index in [1.807, 2.05) is 11.3 Å². The summed E-state index contributed by atoms with van der Waals surface area (Å²) in [5, 5.41) is 2.46. The summed E-state index contributed by atoms with van der Waals surface area (Å²) in [6.07, 6.45) is 0. The average Bonchev–Trinajstić information content (AvgIpc) is 3.43. The van der Waals surface area contributed by atoms with Gasteiger partial charge in [0, 0.05) is 26.5 Å².